The molecule has 0 aliphatic carbocycles. The van der Waals surface area contributed by atoms with Crippen molar-refractivity contribution in [1.82, 2.24) is 15.8 Å². The van der Waals surface area contributed by atoms with Crippen molar-refractivity contribution in [3.05, 3.63) is 35.6 Å². The van der Waals surface area contributed by atoms with Crippen molar-refractivity contribution >= 4 is 5.91 Å². The van der Waals surface area contributed by atoms with Gasteiger partial charge < -0.3 is 4.90 Å². The highest BCUT2D eigenvalue weighted by molar-refractivity contribution is 5.82. The molecule has 2 aliphatic heterocycles. The Morgan fingerprint density at radius 1 is 1.32 bits per heavy atom. The maximum atomic E-state index is 13.8. The monoisotopic (exact) mass is 347 g/mol. The molecule has 138 valence electrons. The third-order valence-corrected chi connectivity index (χ3v) is 5.65. The number of halogens is 1. The van der Waals surface area contributed by atoms with Crippen LogP contribution in [0.5, 0.6) is 0 Å². The Labute approximate surface area is 150 Å². The second-order valence-corrected chi connectivity index (χ2v) is 7.85. The summed E-state index contributed by atoms with van der Waals surface area (Å²) in [4.78, 5) is 14.8. The largest absolute Gasteiger partial charge is 0.341 e. The van der Waals surface area contributed by atoms with Crippen LogP contribution in [0.3, 0.4) is 0 Å². The molecule has 0 bridgehead atoms. The number of nitrogens with one attached hydrogen (secondary N) is 2. The van der Waals surface area contributed by atoms with Gasteiger partial charge in [-0.05, 0) is 55.6 Å². The van der Waals surface area contributed by atoms with Gasteiger partial charge in [-0.2, -0.15) is 0 Å². The molecule has 0 saturated carbocycles. The molecule has 1 amide bonds. The van der Waals surface area contributed by atoms with Crippen molar-refractivity contribution < 1.29 is 9.18 Å². The molecular weight excluding hydrogens is 317 g/mol. The van der Waals surface area contributed by atoms with Crippen LogP contribution in [0.4, 0.5) is 4.39 Å². The van der Waals surface area contributed by atoms with E-state index < -0.39 is 0 Å². The Hall–Kier alpha value is -1.46. The first-order valence-corrected chi connectivity index (χ1v) is 9.58. The quantitative estimate of drug-likeness (QED) is 0.861. The lowest BCUT2D eigenvalue weighted by Crippen LogP contribution is -2.49. The summed E-state index contributed by atoms with van der Waals surface area (Å²) >= 11 is 0. The lowest BCUT2D eigenvalue weighted by molar-refractivity contribution is -0.135. The van der Waals surface area contributed by atoms with Crippen molar-refractivity contribution in [3.8, 4) is 0 Å². The van der Waals surface area contributed by atoms with E-state index in [0.717, 1.165) is 50.8 Å². The van der Waals surface area contributed by atoms with E-state index in [1.54, 1.807) is 6.07 Å². The topological polar surface area (TPSA) is 44.4 Å². The lowest BCUT2D eigenvalue weighted by atomic mass is 9.91. The SMILES string of the molecule is CC(C)C1CC(C(=O)N2CCCC(CCc3ccccc3F)C2)NN1. The summed E-state index contributed by atoms with van der Waals surface area (Å²) in [5.74, 6) is 1.08. The molecule has 2 N–H and O–H groups in total. The molecule has 3 atom stereocenters. The van der Waals surface area contributed by atoms with Crippen LogP contribution in [0.1, 0.15) is 45.1 Å². The summed E-state index contributed by atoms with van der Waals surface area (Å²) in [6.07, 6.45) is 4.71. The second kappa shape index (κ2) is 8.28. The number of nitrogens with zero attached hydrogens (tertiary/aromatic N) is 1. The summed E-state index contributed by atoms with van der Waals surface area (Å²) in [6, 6.07) is 7.25. The molecule has 2 fully saturated rings. The maximum Gasteiger partial charge on any atom is 0.241 e. The van der Waals surface area contributed by atoms with Gasteiger partial charge in [0.25, 0.3) is 0 Å². The zero-order valence-corrected chi connectivity index (χ0v) is 15.3. The minimum absolute atomic E-state index is 0.113. The van der Waals surface area contributed by atoms with Gasteiger partial charge in [-0.1, -0.05) is 32.0 Å². The number of hydrazine groups is 1. The van der Waals surface area contributed by atoms with E-state index in [1.165, 1.54) is 6.07 Å². The summed E-state index contributed by atoms with van der Waals surface area (Å²) in [6.45, 7) is 6.00. The van der Waals surface area contributed by atoms with E-state index in [9.17, 15) is 9.18 Å². The fourth-order valence-corrected chi connectivity index (χ4v) is 3.96. The molecule has 2 heterocycles. The number of likely N-dealkylation sites (tertiary alicyclic amines) is 1. The number of piperidine rings is 1. The zero-order valence-electron chi connectivity index (χ0n) is 15.3. The van der Waals surface area contributed by atoms with Crippen molar-refractivity contribution in [2.24, 2.45) is 11.8 Å². The minimum atomic E-state index is -0.118. The Morgan fingerprint density at radius 2 is 2.12 bits per heavy atom. The molecule has 3 unspecified atom stereocenters. The third-order valence-electron chi connectivity index (χ3n) is 5.65. The van der Waals surface area contributed by atoms with Crippen LogP contribution in [-0.4, -0.2) is 36.0 Å². The maximum absolute atomic E-state index is 13.8. The summed E-state index contributed by atoms with van der Waals surface area (Å²) in [5, 5.41) is 0. The highest BCUT2D eigenvalue weighted by Crippen LogP contribution is 2.24. The molecule has 1 aromatic carbocycles. The van der Waals surface area contributed by atoms with Crippen molar-refractivity contribution in [2.45, 2.75) is 58.0 Å². The smallest absolute Gasteiger partial charge is 0.241 e. The highest BCUT2D eigenvalue weighted by Gasteiger charge is 2.35. The Balaban J connectivity index is 1.51. The summed E-state index contributed by atoms with van der Waals surface area (Å²) in [7, 11) is 0. The predicted octanol–water partition coefficient (Wildman–Crippen LogP) is 2.89. The number of amides is 1. The number of benzene rings is 1. The zero-order chi connectivity index (χ0) is 17.8. The van der Waals surface area contributed by atoms with Gasteiger partial charge in [-0.3, -0.25) is 10.2 Å². The molecule has 0 spiro atoms. The Kier molecular flexibility index (Phi) is 6.07. The van der Waals surface area contributed by atoms with Gasteiger partial charge >= 0.3 is 0 Å². The van der Waals surface area contributed by atoms with E-state index in [4.69, 9.17) is 0 Å². The minimum Gasteiger partial charge on any atom is -0.341 e. The molecule has 0 aromatic heterocycles. The van der Waals surface area contributed by atoms with Gasteiger partial charge in [0.05, 0.1) is 0 Å². The van der Waals surface area contributed by atoms with E-state index in [0.29, 0.717) is 17.9 Å². The van der Waals surface area contributed by atoms with Crippen molar-refractivity contribution in [2.75, 3.05) is 13.1 Å². The van der Waals surface area contributed by atoms with E-state index >= 15 is 0 Å². The molecule has 5 heteroatoms. The molecular formula is C20H30FN3O. The van der Waals surface area contributed by atoms with Crippen molar-refractivity contribution in [3.63, 3.8) is 0 Å². The average molecular weight is 347 g/mol. The molecule has 0 radical (unpaired) electrons. The van der Waals surface area contributed by atoms with Crippen LogP contribution < -0.4 is 10.9 Å². The normalized spacial score (nSPS) is 27.0. The fraction of sp³-hybridized carbons (Fsp3) is 0.650. The number of carbonyl (C=O) groups excluding carboxylic acids is 1. The second-order valence-electron chi connectivity index (χ2n) is 7.85. The first-order valence-electron chi connectivity index (χ1n) is 9.58. The lowest BCUT2D eigenvalue weighted by Gasteiger charge is -2.34. The van der Waals surface area contributed by atoms with Crippen LogP contribution in [0.15, 0.2) is 24.3 Å². The standard InChI is InChI=1S/C20H30FN3O/c1-14(2)18-12-19(23-22-18)20(25)24-11-5-6-15(13-24)9-10-16-7-3-4-8-17(16)21/h3-4,7-8,14-15,18-19,22-23H,5-6,9-13H2,1-2H3. The first-order chi connectivity index (χ1) is 12.0. The van der Waals surface area contributed by atoms with Crippen LogP contribution in [-0.2, 0) is 11.2 Å². The number of hydrogen-bond acceptors (Lipinski definition) is 3. The van der Waals surface area contributed by atoms with E-state index in [-0.39, 0.29) is 17.8 Å². The molecule has 25 heavy (non-hydrogen) atoms. The van der Waals surface area contributed by atoms with Gasteiger partial charge in [0.2, 0.25) is 5.91 Å². The molecule has 2 aliphatic rings. The number of hydrogen-bond donors (Lipinski definition) is 2. The van der Waals surface area contributed by atoms with Crippen molar-refractivity contribution in [1.29, 1.82) is 0 Å². The van der Waals surface area contributed by atoms with E-state index in [1.807, 2.05) is 17.0 Å². The van der Waals surface area contributed by atoms with Crippen LogP contribution >= 0.6 is 0 Å². The average Bonchev–Trinajstić information content (AvgIpc) is 3.11. The molecule has 2 saturated heterocycles. The molecule has 3 rings (SSSR count). The van der Waals surface area contributed by atoms with Gasteiger partial charge in [-0.25, -0.2) is 9.82 Å². The fourth-order valence-electron chi connectivity index (χ4n) is 3.96. The third kappa shape index (κ3) is 4.59. The van der Waals surface area contributed by atoms with Gasteiger partial charge in [0.1, 0.15) is 11.9 Å². The van der Waals surface area contributed by atoms with Gasteiger partial charge in [-0.15, -0.1) is 0 Å². The molecule has 4 nitrogen and oxygen atoms in total. The summed E-state index contributed by atoms with van der Waals surface area (Å²) < 4.78 is 13.8. The summed E-state index contributed by atoms with van der Waals surface area (Å²) in [5.41, 5.74) is 7.21. The number of rotatable bonds is 5. The number of aryl methyl sites for hydroxylation is 1. The Morgan fingerprint density at radius 3 is 2.84 bits per heavy atom. The first kappa shape index (κ1) is 18.3. The van der Waals surface area contributed by atoms with E-state index in [2.05, 4.69) is 24.7 Å². The highest BCUT2D eigenvalue weighted by atomic mass is 19.1. The van der Waals surface area contributed by atoms with Gasteiger partial charge in [0, 0.05) is 19.1 Å². The molecule has 1 aromatic rings. The van der Waals surface area contributed by atoms with Crippen LogP contribution in [0, 0.1) is 17.7 Å². The van der Waals surface area contributed by atoms with Gasteiger partial charge in [0.15, 0.2) is 0 Å². The van der Waals surface area contributed by atoms with Crippen LogP contribution in [0.25, 0.3) is 0 Å². The predicted molar refractivity (Wildman–Crippen MR) is 97.3 cm³/mol. The van der Waals surface area contributed by atoms with Crippen LogP contribution in [0.2, 0.25) is 0 Å². The number of carbonyl (C=O) groups is 1. The Bertz CT molecular complexity index is 592.